The van der Waals surface area contributed by atoms with Gasteiger partial charge in [0.1, 0.15) is 0 Å². The SMILES string of the molecule is CC[CH]CCc1cccs1. The Kier molecular flexibility index (Phi) is 3.52. The highest BCUT2D eigenvalue weighted by atomic mass is 32.1. The molecule has 1 aromatic heterocycles. The number of aryl methyl sites for hydroxylation is 1. The predicted octanol–water partition coefficient (Wildman–Crippen LogP) is 3.29. The standard InChI is InChI=1S/C9H13S/c1-2-3-4-6-9-7-5-8-10-9/h3,5,7-8H,2,4,6H2,1H3. The van der Waals surface area contributed by atoms with Crippen LogP contribution >= 0.6 is 11.3 Å². The van der Waals surface area contributed by atoms with E-state index < -0.39 is 0 Å². The summed E-state index contributed by atoms with van der Waals surface area (Å²) >= 11 is 1.85. The molecule has 1 heterocycles. The molecule has 1 radical (unpaired) electrons. The van der Waals surface area contributed by atoms with Crippen LogP contribution in [0.4, 0.5) is 0 Å². The minimum absolute atomic E-state index is 1.20. The van der Waals surface area contributed by atoms with E-state index in [1.165, 1.54) is 24.1 Å². The van der Waals surface area contributed by atoms with Gasteiger partial charge in [-0.3, -0.25) is 0 Å². The van der Waals surface area contributed by atoms with E-state index in [2.05, 4.69) is 30.9 Å². The summed E-state index contributed by atoms with van der Waals surface area (Å²) < 4.78 is 0. The van der Waals surface area contributed by atoms with Crippen LogP contribution < -0.4 is 0 Å². The molecule has 0 nitrogen and oxygen atoms in total. The van der Waals surface area contributed by atoms with Crippen LogP contribution in [-0.4, -0.2) is 0 Å². The van der Waals surface area contributed by atoms with E-state index in [-0.39, 0.29) is 0 Å². The summed E-state index contributed by atoms with van der Waals surface area (Å²) in [5, 5.41) is 2.14. The van der Waals surface area contributed by atoms with Crippen molar-refractivity contribution in [3.05, 3.63) is 28.8 Å². The summed E-state index contributed by atoms with van der Waals surface area (Å²) in [5.74, 6) is 0. The van der Waals surface area contributed by atoms with Crippen LogP contribution in [0.5, 0.6) is 0 Å². The highest BCUT2D eigenvalue weighted by molar-refractivity contribution is 7.09. The van der Waals surface area contributed by atoms with Gasteiger partial charge in [-0.25, -0.2) is 0 Å². The molecule has 0 aromatic carbocycles. The maximum atomic E-state index is 2.33. The summed E-state index contributed by atoms with van der Waals surface area (Å²) in [6.07, 6.45) is 5.99. The molecule has 1 heteroatoms. The Labute approximate surface area is 66.9 Å². The molecule has 0 saturated carbocycles. The lowest BCUT2D eigenvalue weighted by molar-refractivity contribution is 0.889. The Morgan fingerprint density at radius 1 is 1.60 bits per heavy atom. The van der Waals surface area contributed by atoms with Crippen LogP contribution in [0.1, 0.15) is 24.6 Å². The molecule has 0 atom stereocenters. The van der Waals surface area contributed by atoms with Gasteiger partial charge < -0.3 is 0 Å². The lowest BCUT2D eigenvalue weighted by atomic mass is 10.2. The second kappa shape index (κ2) is 4.51. The van der Waals surface area contributed by atoms with Crippen molar-refractivity contribution in [2.75, 3.05) is 0 Å². The zero-order valence-corrected chi connectivity index (χ0v) is 7.16. The van der Waals surface area contributed by atoms with Crippen molar-refractivity contribution in [2.45, 2.75) is 26.2 Å². The van der Waals surface area contributed by atoms with E-state index >= 15 is 0 Å². The summed E-state index contributed by atoms with van der Waals surface area (Å²) in [4.78, 5) is 1.50. The first kappa shape index (κ1) is 7.80. The molecule has 0 fully saturated rings. The fourth-order valence-electron chi connectivity index (χ4n) is 0.903. The maximum Gasteiger partial charge on any atom is 0.00453 e. The van der Waals surface area contributed by atoms with Gasteiger partial charge in [-0.1, -0.05) is 19.4 Å². The lowest BCUT2D eigenvalue weighted by Crippen LogP contribution is -1.79. The number of hydrogen-bond donors (Lipinski definition) is 0. The molecule has 55 valence electrons. The molecule has 0 unspecified atom stereocenters. The van der Waals surface area contributed by atoms with Gasteiger partial charge in [0.2, 0.25) is 0 Å². The van der Waals surface area contributed by atoms with Crippen molar-refractivity contribution in [1.29, 1.82) is 0 Å². The van der Waals surface area contributed by atoms with E-state index in [0.717, 1.165) is 0 Å². The molecule has 0 spiro atoms. The molecule has 0 aliphatic rings. The van der Waals surface area contributed by atoms with Crippen molar-refractivity contribution < 1.29 is 0 Å². The molecule has 1 aromatic rings. The fraction of sp³-hybridized carbons (Fsp3) is 0.444. The molecule has 0 bridgehead atoms. The van der Waals surface area contributed by atoms with Crippen molar-refractivity contribution >= 4 is 11.3 Å². The molecule has 0 amide bonds. The van der Waals surface area contributed by atoms with Gasteiger partial charge in [-0.05, 0) is 30.7 Å². The largest absolute Gasteiger partial charge is 0.149 e. The Morgan fingerprint density at radius 2 is 2.50 bits per heavy atom. The first-order valence-electron chi connectivity index (χ1n) is 3.77. The van der Waals surface area contributed by atoms with Gasteiger partial charge in [0.05, 0.1) is 0 Å². The van der Waals surface area contributed by atoms with Gasteiger partial charge in [-0.2, -0.15) is 0 Å². The molecule has 10 heavy (non-hydrogen) atoms. The van der Waals surface area contributed by atoms with Gasteiger partial charge in [0, 0.05) is 4.88 Å². The third kappa shape index (κ3) is 2.53. The van der Waals surface area contributed by atoms with E-state index in [9.17, 15) is 0 Å². The van der Waals surface area contributed by atoms with Gasteiger partial charge in [0.25, 0.3) is 0 Å². The second-order valence-corrected chi connectivity index (χ2v) is 3.35. The summed E-state index contributed by atoms with van der Waals surface area (Å²) in [6.45, 7) is 2.19. The maximum absolute atomic E-state index is 2.33. The van der Waals surface area contributed by atoms with E-state index in [0.29, 0.717) is 0 Å². The Morgan fingerprint density at radius 3 is 3.10 bits per heavy atom. The summed E-state index contributed by atoms with van der Waals surface area (Å²) in [6, 6.07) is 4.32. The number of hydrogen-bond acceptors (Lipinski definition) is 1. The van der Waals surface area contributed by atoms with Crippen molar-refractivity contribution in [2.24, 2.45) is 0 Å². The summed E-state index contributed by atoms with van der Waals surface area (Å²) in [7, 11) is 0. The first-order valence-corrected chi connectivity index (χ1v) is 4.65. The Balaban J connectivity index is 2.15. The Hall–Kier alpha value is -0.300. The smallest absolute Gasteiger partial charge is 0.00453 e. The molecule has 0 aliphatic heterocycles. The highest BCUT2D eigenvalue weighted by Crippen LogP contribution is 2.11. The fourth-order valence-corrected chi connectivity index (χ4v) is 1.63. The second-order valence-electron chi connectivity index (χ2n) is 2.31. The lowest BCUT2D eigenvalue weighted by Gasteiger charge is -1.93. The minimum Gasteiger partial charge on any atom is -0.149 e. The zero-order valence-electron chi connectivity index (χ0n) is 6.34. The number of rotatable bonds is 4. The average molecular weight is 153 g/mol. The third-order valence-corrected chi connectivity index (χ3v) is 2.40. The third-order valence-electron chi connectivity index (χ3n) is 1.46. The van der Waals surface area contributed by atoms with Crippen LogP contribution in [0.15, 0.2) is 17.5 Å². The zero-order chi connectivity index (χ0) is 7.23. The summed E-state index contributed by atoms with van der Waals surface area (Å²) in [5.41, 5.74) is 0. The van der Waals surface area contributed by atoms with Crippen molar-refractivity contribution in [1.82, 2.24) is 0 Å². The van der Waals surface area contributed by atoms with Gasteiger partial charge in [-0.15, -0.1) is 11.3 Å². The van der Waals surface area contributed by atoms with E-state index in [4.69, 9.17) is 0 Å². The van der Waals surface area contributed by atoms with Crippen LogP contribution in [0.3, 0.4) is 0 Å². The molecular weight excluding hydrogens is 140 g/mol. The normalized spacial score (nSPS) is 10.1. The molecular formula is C9H13S. The van der Waals surface area contributed by atoms with E-state index in [1.807, 2.05) is 11.3 Å². The Bertz CT molecular complexity index is 153. The van der Waals surface area contributed by atoms with Gasteiger partial charge in [0.15, 0.2) is 0 Å². The van der Waals surface area contributed by atoms with Crippen LogP contribution in [0.2, 0.25) is 0 Å². The number of unbranched alkanes of at least 4 members (excludes halogenated alkanes) is 2. The van der Waals surface area contributed by atoms with Crippen molar-refractivity contribution in [3.8, 4) is 0 Å². The van der Waals surface area contributed by atoms with E-state index in [1.54, 1.807) is 0 Å². The van der Waals surface area contributed by atoms with Crippen LogP contribution in [-0.2, 0) is 6.42 Å². The molecule has 0 N–H and O–H groups in total. The minimum atomic E-state index is 1.20. The molecule has 0 saturated heterocycles. The molecule has 0 aliphatic carbocycles. The van der Waals surface area contributed by atoms with Crippen LogP contribution in [0.25, 0.3) is 0 Å². The highest BCUT2D eigenvalue weighted by Gasteiger charge is 1.91. The monoisotopic (exact) mass is 153 g/mol. The number of thiophene rings is 1. The topological polar surface area (TPSA) is 0 Å². The van der Waals surface area contributed by atoms with Crippen LogP contribution in [0, 0.1) is 6.42 Å². The predicted molar refractivity (Wildman–Crippen MR) is 47.2 cm³/mol. The average Bonchev–Trinajstić information content (AvgIpc) is 2.41. The van der Waals surface area contributed by atoms with Gasteiger partial charge >= 0.3 is 0 Å². The van der Waals surface area contributed by atoms with Crippen molar-refractivity contribution in [3.63, 3.8) is 0 Å². The molecule has 1 rings (SSSR count). The quantitative estimate of drug-likeness (QED) is 0.582. The first-order chi connectivity index (χ1) is 4.93.